The van der Waals surface area contributed by atoms with Gasteiger partial charge >= 0.3 is 0 Å². The summed E-state index contributed by atoms with van der Waals surface area (Å²) >= 11 is 0. The summed E-state index contributed by atoms with van der Waals surface area (Å²) in [4.78, 5) is 3.98. The number of hydrogen-bond acceptors (Lipinski definition) is 4. The van der Waals surface area contributed by atoms with Crippen LogP contribution in [-0.2, 0) is 11.3 Å². The van der Waals surface area contributed by atoms with Gasteiger partial charge in [0.25, 0.3) is 0 Å². The molecule has 108 valence electrons. The molecule has 0 saturated carbocycles. The highest BCUT2D eigenvalue weighted by molar-refractivity contribution is 5.26. The zero-order chi connectivity index (χ0) is 14.3. The van der Waals surface area contributed by atoms with Crippen molar-refractivity contribution < 1.29 is 13.9 Å². The maximum absolute atomic E-state index is 13.2. The summed E-state index contributed by atoms with van der Waals surface area (Å²) in [7, 11) is 0. The summed E-state index contributed by atoms with van der Waals surface area (Å²) in [5.41, 5.74) is 0.668. The first kappa shape index (κ1) is 15.9. The number of aromatic nitrogens is 1. The molecule has 0 unspecified atom stereocenters. The molecule has 0 aliphatic carbocycles. The largest absolute Gasteiger partial charge is 0.475 e. The molecule has 1 heterocycles. The van der Waals surface area contributed by atoms with Crippen LogP contribution in [-0.4, -0.2) is 30.3 Å². The molecule has 0 radical (unpaired) electrons. The number of rotatable bonds is 7. The zero-order valence-electron chi connectivity index (χ0n) is 12.1. The van der Waals surface area contributed by atoms with E-state index in [-0.39, 0.29) is 11.4 Å². The Hall–Kier alpha value is -1.20. The molecule has 1 aromatic rings. The van der Waals surface area contributed by atoms with Crippen LogP contribution >= 0.6 is 0 Å². The summed E-state index contributed by atoms with van der Waals surface area (Å²) in [6.45, 7) is 10.2. The van der Waals surface area contributed by atoms with Gasteiger partial charge in [0.05, 0.1) is 12.8 Å². The second-order valence-corrected chi connectivity index (χ2v) is 5.27. The smallest absolute Gasteiger partial charge is 0.218 e. The molecule has 5 heteroatoms. The summed E-state index contributed by atoms with van der Waals surface area (Å²) in [5.74, 6) is 0.0979. The first-order valence-electron chi connectivity index (χ1n) is 6.52. The summed E-state index contributed by atoms with van der Waals surface area (Å²) in [6, 6.07) is 1.45. The molecule has 4 nitrogen and oxygen atoms in total. The third-order valence-electron chi connectivity index (χ3n) is 2.37. The van der Waals surface area contributed by atoms with Crippen LogP contribution in [0.25, 0.3) is 0 Å². The highest BCUT2D eigenvalue weighted by Gasteiger charge is 2.12. The van der Waals surface area contributed by atoms with Crippen molar-refractivity contribution in [3.63, 3.8) is 0 Å². The first-order chi connectivity index (χ1) is 8.92. The van der Waals surface area contributed by atoms with E-state index >= 15 is 0 Å². The fourth-order valence-electron chi connectivity index (χ4n) is 1.43. The van der Waals surface area contributed by atoms with Gasteiger partial charge in [-0.1, -0.05) is 0 Å². The van der Waals surface area contributed by atoms with Crippen molar-refractivity contribution in [1.29, 1.82) is 0 Å². The van der Waals surface area contributed by atoms with E-state index in [9.17, 15) is 4.39 Å². The Bertz CT molecular complexity index is 392. The van der Waals surface area contributed by atoms with Gasteiger partial charge in [-0.05, 0) is 33.8 Å². The van der Waals surface area contributed by atoms with E-state index in [2.05, 4.69) is 31.1 Å². The van der Waals surface area contributed by atoms with Crippen molar-refractivity contribution in [3.05, 3.63) is 23.6 Å². The highest BCUT2D eigenvalue weighted by Crippen LogP contribution is 2.17. The first-order valence-corrected chi connectivity index (χ1v) is 6.52. The fraction of sp³-hybridized carbons (Fsp3) is 0.643. The van der Waals surface area contributed by atoms with E-state index in [1.165, 1.54) is 6.07 Å². The Labute approximate surface area is 114 Å². The number of ether oxygens (including phenoxy) is 2. The molecule has 1 aromatic heterocycles. The number of nitrogens with one attached hydrogen (secondary N) is 1. The quantitative estimate of drug-likeness (QED) is 0.773. The SMILES string of the molecule is CCOCCOc1ncc(F)cc1CNC(C)(C)C. The van der Waals surface area contributed by atoms with Crippen molar-refractivity contribution >= 4 is 0 Å². The second-order valence-electron chi connectivity index (χ2n) is 5.27. The minimum atomic E-state index is -0.358. The number of halogens is 1. The minimum Gasteiger partial charge on any atom is -0.475 e. The number of pyridine rings is 1. The van der Waals surface area contributed by atoms with Crippen LogP contribution in [0.4, 0.5) is 4.39 Å². The van der Waals surface area contributed by atoms with Gasteiger partial charge in [0.1, 0.15) is 12.4 Å². The van der Waals surface area contributed by atoms with E-state index in [1.807, 2.05) is 6.92 Å². The van der Waals surface area contributed by atoms with Crippen LogP contribution < -0.4 is 10.1 Å². The van der Waals surface area contributed by atoms with Crippen LogP contribution in [0.5, 0.6) is 5.88 Å². The molecule has 1 rings (SSSR count). The highest BCUT2D eigenvalue weighted by atomic mass is 19.1. The number of hydrogen-bond donors (Lipinski definition) is 1. The normalized spacial score (nSPS) is 11.6. The van der Waals surface area contributed by atoms with E-state index in [0.717, 1.165) is 6.20 Å². The maximum atomic E-state index is 13.2. The average Bonchev–Trinajstić information content (AvgIpc) is 2.33. The molecule has 19 heavy (non-hydrogen) atoms. The predicted molar refractivity (Wildman–Crippen MR) is 72.8 cm³/mol. The lowest BCUT2D eigenvalue weighted by atomic mass is 10.1. The molecule has 0 spiro atoms. The van der Waals surface area contributed by atoms with Gasteiger partial charge in [-0.3, -0.25) is 0 Å². The average molecular weight is 270 g/mol. The van der Waals surface area contributed by atoms with Crippen molar-refractivity contribution in [1.82, 2.24) is 10.3 Å². The molecule has 0 saturated heterocycles. The minimum absolute atomic E-state index is 0.0467. The Morgan fingerprint density at radius 1 is 1.32 bits per heavy atom. The van der Waals surface area contributed by atoms with Gasteiger partial charge < -0.3 is 14.8 Å². The monoisotopic (exact) mass is 270 g/mol. The van der Waals surface area contributed by atoms with Crippen LogP contribution in [0, 0.1) is 5.82 Å². The Kier molecular flexibility index (Phi) is 6.18. The van der Waals surface area contributed by atoms with Crippen molar-refractivity contribution in [2.45, 2.75) is 39.8 Å². The maximum Gasteiger partial charge on any atom is 0.218 e. The standard InChI is InChI=1S/C14H23FN2O2/c1-5-18-6-7-19-13-11(8-12(15)10-16-13)9-17-14(2,3)4/h8,10,17H,5-7,9H2,1-4H3. The van der Waals surface area contributed by atoms with Crippen LogP contribution in [0.3, 0.4) is 0 Å². The predicted octanol–water partition coefficient (Wildman–Crippen LogP) is 2.52. The number of nitrogens with zero attached hydrogens (tertiary/aromatic N) is 1. The second kappa shape index (κ2) is 7.40. The Morgan fingerprint density at radius 2 is 2.05 bits per heavy atom. The molecule has 0 fully saturated rings. The van der Waals surface area contributed by atoms with Crippen LogP contribution in [0.2, 0.25) is 0 Å². The Balaban J connectivity index is 2.63. The van der Waals surface area contributed by atoms with Gasteiger partial charge in [0.2, 0.25) is 5.88 Å². The van der Waals surface area contributed by atoms with Crippen LogP contribution in [0.15, 0.2) is 12.3 Å². The third-order valence-corrected chi connectivity index (χ3v) is 2.37. The van der Waals surface area contributed by atoms with Gasteiger partial charge in [-0.2, -0.15) is 0 Å². The molecule has 0 aromatic carbocycles. The molecule has 0 aliphatic heterocycles. The van der Waals surface area contributed by atoms with Crippen molar-refractivity contribution in [2.24, 2.45) is 0 Å². The van der Waals surface area contributed by atoms with E-state index < -0.39 is 0 Å². The van der Waals surface area contributed by atoms with E-state index in [1.54, 1.807) is 0 Å². The lowest BCUT2D eigenvalue weighted by Gasteiger charge is -2.21. The fourth-order valence-corrected chi connectivity index (χ4v) is 1.43. The zero-order valence-corrected chi connectivity index (χ0v) is 12.1. The molecular weight excluding hydrogens is 247 g/mol. The molecule has 1 N–H and O–H groups in total. The topological polar surface area (TPSA) is 43.4 Å². The molecule has 0 amide bonds. The lowest BCUT2D eigenvalue weighted by molar-refractivity contribution is 0.108. The van der Waals surface area contributed by atoms with Gasteiger partial charge in [0, 0.05) is 24.3 Å². The van der Waals surface area contributed by atoms with Gasteiger partial charge in [-0.15, -0.1) is 0 Å². The third kappa shape index (κ3) is 6.50. The Morgan fingerprint density at radius 3 is 2.68 bits per heavy atom. The lowest BCUT2D eigenvalue weighted by Crippen LogP contribution is -2.35. The summed E-state index contributed by atoms with van der Waals surface area (Å²) in [5, 5.41) is 3.29. The van der Waals surface area contributed by atoms with E-state index in [0.29, 0.717) is 37.8 Å². The molecular formula is C14H23FN2O2. The molecule has 0 aliphatic rings. The summed E-state index contributed by atoms with van der Waals surface area (Å²) in [6.07, 6.45) is 1.16. The van der Waals surface area contributed by atoms with Gasteiger partial charge in [0.15, 0.2) is 0 Å². The summed E-state index contributed by atoms with van der Waals surface area (Å²) < 4.78 is 23.9. The molecule has 0 atom stereocenters. The van der Waals surface area contributed by atoms with E-state index in [4.69, 9.17) is 9.47 Å². The van der Waals surface area contributed by atoms with Crippen molar-refractivity contribution in [2.75, 3.05) is 19.8 Å². The van der Waals surface area contributed by atoms with Gasteiger partial charge in [-0.25, -0.2) is 9.37 Å². The van der Waals surface area contributed by atoms with Crippen LogP contribution in [0.1, 0.15) is 33.3 Å². The molecule has 0 bridgehead atoms. The van der Waals surface area contributed by atoms with Crippen molar-refractivity contribution in [3.8, 4) is 5.88 Å².